The highest BCUT2D eigenvalue weighted by molar-refractivity contribution is 5.76. The number of nitrogens with one attached hydrogen (secondary N) is 1. The molecule has 1 saturated heterocycles. The fourth-order valence-electron chi connectivity index (χ4n) is 2.66. The second-order valence-electron chi connectivity index (χ2n) is 5.94. The number of piperazine rings is 1. The number of rotatable bonds is 4. The third-order valence-corrected chi connectivity index (χ3v) is 3.87. The molecule has 1 aromatic heterocycles. The first-order valence-corrected chi connectivity index (χ1v) is 7.40. The zero-order valence-electron chi connectivity index (χ0n) is 13.4. The molecular formula is C15H25N5O. The Morgan fingerprint density at radius 2 is 1.95 bits per heavy atom. The summed E-state index contributed by atoms with van der Waals surface area (Å²) >= 11 is 0. The van der Waals surface area contributed by atoms with Gasteiger partial charge in [-0.25, -0.2) is 9.97 Å². The van der Waals surface area contributed by atoms with Crippen molar-refractivity contribution in [2.75, 3.05) is 33.7 Å². The van der Waals surface area contributed by atoms with Gasteiger partial charge in [0, 0.05) is 43.5 Å². The van der Waals surface area contributed by atoms with Gasteiger partial charge >= 0.3 is 0 Å². The molecule has 2 heterocycles. The summed E-state index contributed by atoms with van der Waals surface area (Å²) < 4.78 is 0. The number of nitrogens with zero attached hydrogens (tertiary/aromatic N) is 4. The molecular weight excluding hydrogens is 266 g/mol. The molecule has 0 unspecified atom stereocenters. The summed E-state index contributed by atoms with van der Waals surface area (Å²) in [4.78, 5) is 25.3. The van der Waals surface area contributed by atoms with E-state index in [-0.39, 0.29) is 11.9 Å². The van der Waals surface area contributed by atoms with Crippen molar-refractivity contribution in [3.05, 3.63) is 23.3 Å². The van der Waals surface area contributed by atoms with Crippen LogP contribution < -0.4 is 5.32 Å². The molecule has 6 nitrogen and oxygen atoms in total. The van der Waals surface area contributed by atoms with Crippen LogP contribution >= 0.6 is 0 Å². The van der Waals surface area contributed by atoms with E-state index in [2.05, 4.69) is 39.2 Å². The lowest BCUT2D eigenvalue weighted by molar-refractivity contribution is -0.122. The SMILES string of the molecule is Cc1cc(C)nc(CNC(=O)C[C@H]2CN(C)CCN2C)n1. The second kappa shape index (κ2) is 6.95. The largest absolute Gasteiger partial charge is 0.349 e. The summed E-state index contributed by atoms with van der Waals surface area (Å²) in [7, 11) is 4.18. The van der Waals surface area contributed by atoms with Gasteiger partial charge in [0.2, 0.25) is 5.91 Å². The van der Waals surface area contributed by atoms with E-state index in [1.54, 1.807) is 0 Å². The fraction of sp³-hybridized carbons (Fsp3) is 0.667. The Kier molecular flexibility index (Phi) is 5.25. The summed E-state index contributed by atoms with van der Waals surface area (Å²) in [6.07, 6.45) is 0.519. The van der Waals surface area contributed by atoms with E-state index < -0.39 is 0 Å². The van der Waals surface area contributed by atoms with E-state index in [1.807, 2.05) is 19.9 Å². The van der Waals surface area contributed by atoms with Crippen molar-refractivity contribution in [3.63, 3.8) is 0 Å². The molecule has 0 aromatic carbocycles. The third-order valence-electron chi connectivity index (χ3n) is 3.87. The quantitative estimate of drug-likeness (QED) is 0.867. The molecule has 1 amide bonds. The predicted octanol–water partition coefficient (Wildman–Crippen LogP) is 0.346. The molecule has 1 N–H and O–H groups in total. The van der Waals surface area contributed by atoms with E-state index in [9.17, 15) is 4.79 Å². The molecule has 1 aromatic rings. The van der Waals surface area contributed by atoms with Gasteiger partial charge in [-0.2, -0.15) is 0 Å². The number of aryl methyl sites for hydroxylation is 2. The van der Waals surface area contributed by atoms with Crippen LogP contribution in [0.4, 0.5) is 0 Å². The Bertz CT molecular complexity index is 485. The smallest absolute Gasteiger partial charge is 0.221 e. The maximum atomic E-state index is 12.1. The minimum Gasteiger partial charge on any atom is -0.349 e. The van der Waals surface area contributed by atoms with Gasteiger partial charge < -0.3 is 15.1 Å². The van der Waals surface area contributed by atoms with Crippen LogP contribution in [0.3, 0.4) is 0 Å². The first-order valence-electron chi connectivity index (χ1n) is 7.40. The normalized spacial score (nSPS) is 20.5. The van der Waals surface area contributed by atoms with E-state index in [1.165, 1.54) is 0 Å². The van der Waals surface area contributed by atoms with Crippen molar-refractivity contribution in [1.29, 1.82) is 0 Å². The van der Waals surface area contributed by atoms with Crippen LogP contribution in [0, 0.1) is 13.8 Å². The monoisotopic (exact) mass is 291 g/mol. The lowest BCUT2D eigenvalue weighted by Gasteiger charge is -2.37. The first kappa shape index (κ1) is 15.9. The number of hydrogen-bond donors (Lipinski definition) is 1. The summed E-state index contributed by atoms with van der Waals surface area (Å²) in [6, 6.07) is 2.21. The van der Waals surface area contributed by atoms with Crippen molar-refractivity contribution in [1.82, 2.24) is 25.1 Å². The van der Waals surface area contributed by atoms with Gasteiger partial charge in [-0.05, 0) is 34.0 Å². The van der Waals surface area contributed by atoms with Gasteiger partial charge in [-0.3, -0.25) is 4.79 Å². The summed E-state index contributed by atoms with van der Waals surface area (Å²) in [5.74, 6) is 0.736. The fourth-order valence-corrected chi connectivity index (χ4v) is 2.66. The first-order chi connectivity index (χ1) is 9.94. The van der Waals surface area contributed by atoms with Crippen LogP contribution in [-0.4, -0.2) is 65.4 Å². The molecule has 2 rings (SSSR count). The van der Waals surface area contributed by atoms with Crippen LogP contribution in [0.15, 0.2) is 6.07 Å². The molecule has 6 heteroatoms. The molecule has 1 aliphatic heterocycles. The molecule has 0 bridgehead atoms. The van der Waals surface area contributed by atoms with E-state index in [0.717, 1.165) is 31.0 Å². The van der Waals surface area contributed by atoms with E-state index in [0.29, 0.717) is 18.8 Å². The lowest BCUT2D eigenvalue weighted by atomic mass is 10.1. The van der Waals surface area contributed by atoms with Crippen molar-refractivity contribution in [2.24, 2.45) is 0 Å². The van der Waals surface area contributed by atoms with Gasteiger partial charge in [0.1, 0.15) is 5.82 Å². The van der Waals surface area contributed by atoms with Crippen molar-refractivity contribution < 1.29 is 4.79 Å². The van der Waals surface area contributed by atoms with E-state index in [4.69, 9.17) is 0 Å². The number of aromatic nitrogens is 2. The predicted molar refractivity (Wildman–Crippen MR) is 81.9 cm³/mol. The highest BCUT2D eigenvalue weighted by Gasteiger charge is 2.24. The number of likely N-dealkylation sites (N-methyl/N-ethyl adjacent to an activating group) is 2. The number of hydrogen-bond acceptors (Lipinski definition) is 5. The van der Waals surface area contributed by atoms with Crippen molar-refractivity contribution in [3.8, 4) is 0 Å². The molecule has 116 valence electrons. The van der Waals surface area contributed by atoms with Crippen LogP contribution in [0.2, 0.25) is 0 Å². The highest BCUT2D eigenvalue weighted by atomic mass is 16.1. The Balaban J connectivity index is 1.84. The molecule has 0 spiro atoms. The molecule has 1 fully saturated rings. The van der Waals surface area contributed by atoms with E-state index >= 15 is 0 Å². The summed E-state index contributed by atoms with van der Waals surface area (Å²) in [6.45, 7) is 7.27. The maximum Gasteiger partial charge on any atom is 0.221 e. The van der Waals surface area contributed by atoms with Gasteiger partial charge in [0.05, 0.1) is 6.54 Å². The minimum atomic E-state index is 0.0601. The van der Waals surface area contributed by atoms with Crippen molar-refractivity contribution >= 4 is 5.91 Å². The average Bonchev–Trinajstić information content (AvgIpc) is 2.40. The van der Waals surface area contributed by atoms with Crippen LogP contribution in [0.1, 0.15) is 23.6 Å². The van der Waals surface area contributed by atoms with Crippen LogP contribution in [0.5, 0.6) is 0 Å². The average molecular weight is 291 g/mol. The highest BCUT2D eigenvalue weighted by Crippen LogP contribution is 2.09. The molecule has 21 heavy (non-hydrogen) atoms. The maximum absolute atomic E-state index is 12.1. The molecule has 1 aliphatic rings. The molecule has 0 aliphatic carbocycles. The number of carbonyl (C=O) groups excluding carboxylic acids is 1. The molecule has 0 saturated carbocycles. The zero-order valence-corrected chi connectivity index (χ0v) is 13.4. The summed E-state index contributed by atoms with van der Waals surface area (Å²) in [5.41, 5.74) is 1.86. The standard InChI is InChI=1S/C15H25N5O/c1-11-7-12(2)18-14(17-11)9-16-15(21)8-13-10-19(3)5-6-20(13)4/h7,13H,5-6,8-10H2,1-4H3,(H,16,21)/t13-/m0/s1. The minimum absolute atomic E-state index is 0.0601. The van der Waals surface area contributed by atoms with Crippen LogP contribution in [-0.2, 0) is 11.3 Å². The van der Waals surface area contributed by atoms with Gasteiger partial charge in [0.25, 0.3) is 0 Å². The van der Waals surface area contributed by atoms with Crippen molar-refractivity contribution in [2.45, 2.75) is 32.9 Å². The lowest BCUT2D eigenvalue weighted by Crippen LogP contribution is -2.51. The molecule has 1 atom stereocenters. The van der Waals surface area contributed by atoms with Crippen LogP contribution in [0.25, 0.3) is 0 Å². The number of carbonyl (C=O) groups is 1. The Morgan fingerprint density at radius 1 is 1.29 bits per heavy atom. The molecule has 0 radical (unpaired) electrons. The van der Waals surface area contributed by atoms with Gasteiger partial charge in [-0.1, -0.05) is 0 Å². The van der Waals surface area contributed by atoms with Gasteiger partial charge in [0.15, 0.2) is 0 Å². The third kappa shape index (κ3) is 4.75. The zero-order chi connectivity index (χ0) is 15.4. The second-order valence-corrected chi connectivity index (χ2v) is 5.94. The number of amides is 1. The van der Waals surface area contributed by atoms with Gasteiger partial charge in [-0.15, -0.1) is 0 Å². The Hall–Kier alpha value is -1.53. The summed E-state index contributed by atoms with van der Waals surface area (Å²) in [5, 5.41) is 2.93. The topological polar surface area (TPSA) is 61.4 Å². The Morgan fingerprint density at radius 3 is 2.62 bits per heavy atom. The Labute approximate surface area is 126 Å².